The summed E-state index contributed by atoms with van der Waals surface area (Å²) in [7, 11) is 0. The molecule has 0 N–H and O–H groups in total. The molecule has 6 nitrogen and oxygen atoms in total. The van der Waals surface area contributed by atoms with Gasteiger partial charge in [0.15, 0.2) is 6.61 Å². The van der Waals surface area contributed by atoms with Crippen molar-refractivity contribution in [1.29, 1.82) is 0 Å². The number of hydrogen-bond donors (Lipinski definition) is 0. The van der Waals surface area contributed by atoms with E-state index in [9.17, 15) is 4.79 Å². The first-order valence-electron chi connectivity index (χ1n) is 8.79. The minimum atomic E-state index is -0.178. The Labute approximate surface area is 192 Å². The highest BCUT2D eigenvalue weighted by molar-refractivity contribution is 14.1. The second kappa shape index (κ2) is 9.77. The van der Waals surface area contributed by atoms with Crippen molar-refractivity contribution in [2.75, 3.05) is 6.61 Å². The molecule has 9 heteroatoms. The summed E-state index contributed by atoms with van der Waals surface area (Å²) >= 11 is 14.3. The Balaban J connectivity index is 1.68. The molecule has 3 rings (SSSR count). The summed E-state index contributed by atoms with van der Waals surface area (Å²) < 4.78 is 12.0. The number of carbonyl (C=O) groups is 1. The molecule has 2 aromatic carbocycles. The Morgan fingerprint density at radius 1 is 1.21 bits per heavy atom. The molecule has 0 atom stereocenters. The van der Waals surface area contributed by atoms with Crippen molar-refractivity contribution in [1.82, 2.24) is 15.0 Å². The van der Waals surface area contributed by atoms with Crippen LogP contribution in [0.25, 0.3) is 11.4 Å². The Hall–Kier alpha value is -1.84. The van der Waals surface area contributed by atoms with Gasteiger partial charge in [0, 0.05) is 20.2 Å². The zero-order chi connectivity index (χ0) is 21.0. The van der Waals surface area contributed by atoms with Crippen LogP contribution in [0.5, 0.6) is 5.75 Å². The van der Waals surface area contributed by atoms with Gasteiger partial charge in [-0.05, 0) is 78.9 Å². The lowest BCUT2D eigenvalue weighted by Crippen LogP contribution is -2.39. The Bertz CT molecular complexity index is 993. The average Bonchev–Trinajstić information content (AvgIpc) is 3.13. The van der Waals surface area contributed by atoms with Crippen LogP contribution in [0, 0.1) is 3.57 Å². The van der Waals surface area contributed by atoms with Gasteiger partial charge in [-0.1, -0.05) is 28.4 Å². The number of nitrogens with zero attached hydrogens (tertiary/aromatic N) is 3. The molecule has 0 radical (unpaired) electrons. The second-order valence-corrected chi connectivity index (χ2v) is 8.58. The maximum Gasteiger partial charge on any atom is 0.261 e. The van der Waals surface area contributed by atoms with Crippen molar-refractivity contribution in [3.05, 3.63) is 62.0 Å². The van der Waals surface area contributed by atoms with Crippen molar-refractivity contribution in [3.8, 4) is 17.1 Å². The molecule has 3 aromatic rings. The molecule has 0 saturated heterocycles. The molecule has 1 heterocycles. The molecular formula is C20H18Cl2IN3O3. The SMILES string of the molecule is CC(C)N(Cc1nc(-c2ccc(Cl)cc2Cl)no1)C(=O)COc1ccc(I)cc1. The number of benzene rings is 2. The van der Waals surface area contributed by atoms with Gasteiger partial charge in [-0.2, -0.15) is 4.98 Å². The first kappa shape index (κ1) is 21.9. The van der Waals surface area contributed by atoms with Crippen LogP contribution in [0.3, 0.4) is 0 Å². The summed E-state index contributed by atoms with van der Waals surface area (Å²) in [5.41, 5.74) is 0.607. The van der Waals surface area contributed by atoms with Gasteiger partial charge >= 0.3 is 0 Å². The van der Waals surface area contributed by atoms with Gasteiger partial charge < -0.3 is 14.2 Å². The Morgan fingerprint density at radius 2 is 1.93 bits per heavy atom. The molecule has 1 aromatic heterocycles. The fraction of sp³-hybridized carbons (Fsp3) is 0.250. The van der Waals surface area contributed by atoms with Crippen LogP contribution in [0.15, 0.2) is 47.0 Å². The molecule has 0 spiro atoms. The third-order valence-electron chi connectivity index (χ3n) is 4.07. The smallest absolute Gasteiger partial charge is 0.261 e. The number of amides is 1. The van der Waals surface area contributed by atoms with Crippen molar-refractivity contribution in [2.45, 2.75) is 26.4 Å². The lowest BCUT2D eigenvalue weighted by atomic mass is 10.2. The van der Waals surface area contributed by atoms with Crippen molar-refractivity contribution in [2.24, 2.45) is 0 Å². The first-order valence-corrected chi connectivity index (χ1v) is 10.6. The summed E-state index contributed by atoms with van der Waals surface area (Å²) in [5, 5.41) is 4.91. The van der Waals surface area contributed by atoms with Crippen molar-refractivity contribution >= 4 is 51.7 Å². The van der Waals surface area contributed by atoms with Gasteiger partial charge in [-0.15, -0.1) is 0 Å². The fourth-order valence-electron chi connectivity index (χ4n) is 2.56. The molecule has 0 unspecified atom stereocenters. The molecular weight excluding hydrogens is 528 g/mol. The van der Waals surface area contributed by atoms with Crippen LogP contribution in [0.4, 0.5) is 0 Å². The summed E-state index contributed by atoms with van der Waals surface area (Å²) in [4.78, 5) is 18.7. The van der Waals surface area contributed by atoms with Crippen LogP contribution in [-0.4, -0.2) is 33.6 Å². The maximum absolute atomic E-state index is 12.7. The largest absolute Gasteiger partial charge is 0.484 e. The van der Waals surface area contributed by atoms with E-state index in [0.717, 1.165) is 3.57 Å². The molecule has 152 valence electrons. The standard InChI is InChI=1S/C20H18Cl2IN3O3/c1-12(2)26(19(27)11-28-15-6-4-14(23)5-7-15)10-18-24-20(25-29-18)16-8-3-13(21)9-17(16)22/h3-9,12H,10-11H2,1-2H3. The van der Waals surface area contributed by atoms with Crippen LogP contribution < -0.4 is 4.74 Å². The van der Waals surface area contributed by atoms with Crippen LogP contribution in [-0.2, 0) is 11.3 Å². The highest BCUT2D eigenvalue weighted by Crippen LogP contribution is 2.28. The number of ether oxygens (including phenoxy) is 1. The zero-order valence-electron chi connectivity index (χ0n) is 15.7. The number of aromatic nitrogens is 2. The topological polar surface area (TPSA) is 68.5 Å². The molecule has 0 fully saturated rings. The molecule has 29 heavy (non-hydrogen) atoms. The molecule has 0 aliphatic heterocycles. The first-order chi connectivity index (χ1) is 13.8. The number of carbonyl (C=O) groups excluding carboxylic acids is 1. The van der Waals surface area contributed by atoms with Gasteiger partial charge in [0.05, 0.1) is 5.02 Å². The monoisotopic (exact) mass is 545 g/mol. The zero-order valence-corrected chi connectivity index (χ0v) is 19.4. The summed E-state index contributed by atoms with van der Waals surface area (Å²) in [6.45, 7) is 3.92. The lowest BCUT2D eigenvalue weighted by molar-refractivity contribution is -0.136. The van der Waals surface area contributed by atoms with Gasteiger partial charge in [-0.3, -0.25) is 4.79 Å². The lowest BCUT2D eigenvalue weighted by Gasteiger charge is -2.25. The van der Waals surface area contributed by atoms with E-state index in [1.807, 2.05) is 38.1 Å². The highest BCUT2D eigenvalue weighted by atomic mass is 127. The molecule has 1 amide bonds. The van der Waals surface area contributed by atoms with E-state index in [1.165, 1.54) is 0 Å². The predicted molar refractivity (Wildman–Crippen MR) is 120 cm³/mol. The summed E-state index contributed by atoms with van der Waals surface area (Å²) in [6, 6.07) is 12.5. The van der Waals surface area contributed by atoms with E-state index < -0.39 is 0 Å². The Morgan fingerprint density at radius 3 is 2.59 bits per heavy atom. The fourth-order valence-corrected chi connectivity index (χ4v) is 3.42. The average molecular weight is 546 g/mol. The predicted octanol–water partition coefficient (Wildman–Crippen LogP) is 5.46. The van der Waals surface area contributed by atoms with Gasteiger partial charge in [0.2, 0.25) is 11.7 Å². The van der Waals surface area contributed by atoms with E-state index in [-0.39, 0.29) is 25.1 Å². The number of halogens is 3. The van der Waals surface area contributed by atoms with Crippen molar-refractivity contribution in [3.63, 3.8) is 0 Å². The van der Waals surface area contributed by atoms with Crippen LogP contribution in [0.1, 0.15) is 19.7 Å². The van der Waals surface area contributed by atoms with E-state index in [4.69, 9.17) is 32.5 Å². The third-order valence-corrected chi connectivity index (χ3v) is 5.33. The van der Waals surface area contributed by atoms with Crippen molar-refractivity contribution < 1.29 is 14.1 Å². The van der Waals surface area contributed by atoms with Gasteiger partial charge in [0.1, 0.15) is 12.3 Å². The van der Waals surface area contributed by atoms with E-state index in [2.05, 4.69) is 32.7 Å². The summed E-state index contributed by atoms with van der Waals surface area (Å²) in [6.07, 6.45) is 0. The molecule has 0 bridgehead atoms. The maximum atomic E-state index is 12.7. The van der Waals surface area contributed by atoms with Gasteiger partial charge in [0.25, 0.3) is 5.91 Å². The minimum absolute atomic E-state index is 0.0720. The molecule has 0 aliphatic rings. The quantitative estimate of drug-likeness (QED) is 0.368. The molecule has 0 aliphatic carbocycles. The van der Waals surface area contributed by atoms with Crippen LogP contribution >= 0.6 is 45.8 Å². The highest BCUT2D eigenvalue weighted by Gasteiger charge is 2.22. The summed E-state index contributed by atoms with van der Waals surface area (Å²) in [5.74, 6) is 1.11. The van der Waals surface area contributed by atoms with E-state index in [1.54, 1.807) is 23.1 Å². The second-order valence-electron chi connectivity index (χ2n) is 6.49. The third kappa shape index (κ3) is 5.83. The molecule has 0 saturated carbocycles. The Kier molecular flexibility index (Phi) is 7.37. The van der Waals surface area contributed by atoms with E-state index >= 15 is 0 Å². The normalized spacial score (nSPS) is 11.0. The minimum Gasteiger partial charge on any atom is -0.484 e. The van der Waals surface area contributed by atoms with Gasteiger partial charge in [-0.25, -0.2) is 0 Å². The van der Waals surface area contributed by atoms with E-state index in [0.29, 0.717) is 33.1 Å². The number of hydrogen-bond acceptors (Lipinski definition) is 5. The number of rotatable bonds is 7. The van der Waals surface area contributed by atoms with Crippen LogP contribution in [0.2, 0.25) is 10.0 Å².